The van der Waals surface area contributed by atoms with Gasteiger partial charge in [0.05, 0.1) is 5.41 Å². The molecular formula is C10H14O4. The van der Waals surface area contributed by atoms with Gasteiger partial charge in [0, 0.05) is 19.3 Å². The number of carboxylic acids is 1. The molecular weight excluding hydrogens is 184 g/mol. The number of aliphatic carboxylic acids is 1. The van der Waals surface area contributed by atoms with E-state index < -0.39 is 11.4 Å². The lowest BCUT2D eigenvalue weighted by molar-refractivity contribution is -0.139. The van der Waals surface area contributed by atoms with E-state index in [9.17, 15) is 14.4 Å². The van der Waals surface area contributed by atoms with E-state index in [1.165, 1.54) is 0 Å². The topological polar surface area (TPSA) is 71.4 Å². The molecule has 0 radical (unpaired) electrons. The Balaban J connectivity index is 2.52. The predicted octanol–water partition coefficient (Wildman–Crippen LogP) is 1.18. The summed E-state index contributed by atoms with van der Waals surface area (Å²) >= 11 is 0. The first-order valence-electron chi connectivity index (χ1n) is 4.75. The van der Waals surface area contributed by atoms with Gasteiger partial charge in [-0.2, -0.15) is 0 Å². The third kappa shape index (κ3) is 2.00. The summed E-state index contributed by atoms with van der Waals surface area (Å²) in [6, 6.07) is 0. The van der Waals surface area contributed by atoms with Crippen molar-refractivity contribution in [3.63, 3.8) is 0 Å². The fourth-order valence-electron chi connectivity index (χ4n) is 1.81. The fraction of sp³-hybridized carbons (Fsp3) is 0.700. The van der Waals surface area contributed by atoms with Crippen LogP contribution in [-0.4, -0.2) is 22.6 Å². The van der Waals surface area contributed by atoms with Crippen LogP contribution in [0.1, 0.15) is 39.0 Å². The van der Waals surface area contributed by atoms with Crippen LogP contribution >= 0.6 is 0 Å². The van der Waals surface area contributed by atoms with Gasteiger partial charge in [-0.15, -0.1) is 0 Å². The average molecular weight is 198 g/mol. The van der Waals surface area contributed by atoms with E-state index >= 15 is 0 Å². The maximum Gasteiger partial charge on any atom is 0.303 e. The maximum absolute atomic E-state index is 11.4. The summed E-state index contributed by atoms with van der Waals surface area (Å²) in [5, 5.41) is 8.43. The van der Waals surface area contributed by atoms with Crippen molar-refractivity contribution >= 4 is 17.5 Å². The van der Waals surface area contributed by atoms with Gasteiger partial charge in [0.15, 0.2) is 0 Å². The number of carbonyl (C=O) groups is 3. The predicted molar refractivity (Wildman–Crippen MR) is 48.8 cm³/mol. The highest BCUT2D eigenvalue weighted by molar-refractivity contribution is 6.12. The molecule has 0 aromatic carbocycles. The highest BCUT2D eigenvalue weighted by Crippen LogP contribution is 2.35. The number of rotatable bonds is 4. The summed E-state index contributed by atoms with van der Waals surface area (Å²) < 4.78 is 0. The zero-order valence-corrected chi connectivity index (χ0v) is 8.21. The van der Waals surface area contributed by atoms with Crippen LogP contribution in [0.2, 0.25) is 0 Å². The van der Waals surface area contributed by atoms with E-state index in [-0.39, 0.29) is 18.0 Å². The van der Waals surface area contributed by atoms with Crippen molar-refractivity contribution in [1.29, 1.82) is 0 Å². The Morgan fingerprint density at radius 2 is 1.86 bits per heavy atom. The Hall–Kier alpha value is -1.19. The van der Waals surface area contributed by atoms with Crippen LogP contribution in [0.15, 0.2) is 0 Å². The Bertz CT molecular complexity index is 264. The summed E-state index contributed by atoms with van der Waals surface area (Å²) in [6.07, 6.45) is 1.43. The molecule has 0 spiro atoms. The number of carboxylic acid groups (broad SMARTS) is 1. The standard InChI is InChI=1S/C10H14O4/c1-10(6-2-3-9(13)14)7(11)4-5-8(10)12/h2-6H2,1H3,(H,13,14). The summed E-state index contributed by atoms with van der Waals surface area (Å²) in [7, 11) is 0. The van der Waals surface area contributed by atoms with E-state index in [2.05, 4.69) is 0 Å². The molecule has 4 heteroatoms. The summed E-state index contributed by atoms with van der Waals surface area (Å²) in [5.74, 6) is -0.952. The number of hydrogen-bond acceptors (Lipinski definition) is 3. The largest absolute Gasteiger partial charge is 0.481 e. The van der Waals surface area contributed by atoms with E-state index in [4.69, 9.17) is 5.11 Å². The lowest BCUT2D eigenvalue weighted by atomic mass is 9.81. The molecule has 0 bridgehead atoms. The highest BCUT2D eigenvalue weighted by Gasteiger charge is 2.44. The van der Waals surface area contributed by atoms with Crippen molar-refractivity contribution in [2.75, 3.05) is 0 Å². The third-order valence-electron chi connectivity index (χ3n) is 2.88. The van der Waals surface area contributed by atoms with E-state index in [0.29, 0.717) is 25.7 Å². The van der Waals surface area contributed by atoms with Crippen LogP contribution < -0.4 is 0 Å². The molecule has 0 aromatic rings. The van der Waals surface area contributed by atoms with Crippen LogP contribution in [0.3, 0.4) is 0 Å². The van der Waals surface area contributed by atoms with E-state index in [1.807, 2.05) is 0 Å². The molecule has 78 valence electrons. The first-order chi connectivity index (χ1) is 6.47. The number of Topliss-reactive ketones (excluding diaryl/α,β-unsaturated/α-hetero) is 2. The Labute approximate surface area is 82.3 Å². The molecule has 4 nitrogen and oxygen atoms in total. The van der Waals surface area contributed by atoms with E-state index in [0.717, 1.165) is 0 Å². The Morgan fingerprint density at radius 1 is 1.36 bits per heavy atom. The second-order valence-corrected chi connectivity index (χ2v) is 3.93. The molecule has 1 N–H and O–H groups in total. The third-order valence-corrected chi connectivity index (χ3v) is 2.88. The summed E-state index contributed by atoms with van der Waals surface area (Å²) in [6.45, 7) is 1.63. The maximum atomic E-state index is 11.4. The average Bonchev–Trinajstić information content (AvgIpc) is 2.33. The lowest BCUT2D eigenvalue weighted by Gasteiger charge is -2.19. The van der Waals surface area contributed by atoms with Crippen LogP contribution in [0, 0.1) is 5.41 Å². The first-order valence-corrected chi connectivity index (χ1v) is 4.75. The van der Waals surface area contributed by atoms with Crippen molar-refractivity contribution in [2.45, 2.75) is 39.0 Å². The zero-order valence-electron chi connectivity index (χ0n) is 8.21. The molecule has 14 heavy (non-hydrogen) atoms. The molecule has 1 aliphatic carbocycles. The molecule has 1 rings (SSSR count). The molecule has 0 amide bonds. The van der Waals surface area contributed by atoms with Crippen molar-refractivity contribution in [3.8, 4) is 0 Å². The van der Waals surface area contributed by atoms with Crippen molar-refractivity contribution in [1.82, 2.24) is 0 Å². The molecule has 1 aliphatic rings. The Morgan fingerprint density at radius 3 is 2.29 bits per heavy atom. The van der Waals surface area contributed by atoms with Crippen LogP contribution in [0.25, 0.3) is 0 Å². The van der Waals surface area contributed by atoms with Crippen molar-refractivity contribution in [3.05, 3.63) is 0 Å². The van der Waals surface area contributed by atoms with Gasteiger partial charge in [-0.1, -0.05) is 0 Å². The van der Waals surface area contributed by atoms with Crippen LogP contribution in [0.4, 0.5) is 0 Å². The molecule has 0 aromatic heterocycles. The van der Waals surface area contributed by atoms with Gasteiger partial charge in [-0.05, 0) is 19.8 Å². The quantitative estimate of drug-likeness (QED) is 0.688. The molecule has 0 saturated heterocycles. The fourth-order valence-corrected chi connectivity index (χ4v) is 1.81. The minimum absolute atomic E-state index is 0.0240. The minimum atomic E-state index is -0.893. The molecule has 0 aliphatic heterocycles. The molecule has 1 fully saturated rings. The minimum Gasteiger partial charge on any atom is -0.481 e. The summed E-state index contributed by atoms with van der Waals surface area (Å²) in [4.78, 5) is 33.1. The van der Waals surface area contributed by atoms with Gasteiger partial charge in [0.25, 0.3) is 0 Å². The summed E-state index contributed by atoms with van der Waals surface area (Å²) in [5.41, 5.74) is -0.893. The first kappa shape index (κ1) is 10.9. The molecule has 0 unspecified atom stereocenters. The smallest absolute Gasteiger partial charge is 0.303 e. The number of hydrogen-bond donors (Lipinski definition) is 1. The normalized spacial score (nSPS) is 20.1. The number of ketones is 2. The monoisotopic (exact) mass is 198 g/mol. The van der Waals surface area contributed by atoms with Gasteiger partial charge >= 0.3 is 5.97 Å². The second-order valence-electron chi connectivity index (χ2n) is 3.93. The van der Waals surface area contributed by atoms with Gasteiger partial charge in [-0.3, -0.25) is 14.4 Å². The van der Waals surface area contributed by atoms with Crippen LogP contribution in [0.5, 0.6) is 0 Å². The number of carbonyl (C=O) groups excluding carboxylic acids is 2. The van der Waals surface area contributed by atoms with Gasteiger partial charge < -0.3 is 5.11 Å². The highest BCUT2D eigenvalue weighted by atomic mass is 16.4. The van der Waals surface area contributed by atoms with Gasteiger partial charge in [-0.25, -0.2) is 0 Å². The Kier molecular flexibility index (Phi) is 3.03. The SMILES string of the molecule is CC1(CCCC(=O)O)C(=O)CCC1=O. The second kappa shape index (κ2) is 3.90. The van der Waals surface area contributed by atoms with Gasteiger partial charge in [0.1, 0.15) is 11.6 Å². The van der Waals surface area contributed by atoms with Gasteiger partial charge in [0.2, 0.25) is 0 Å². The molecule has 0 atom stereocenters. The van der Waals surface area contributed by atoms with Crippen molar-refractivity contribution in [2.24, 2.45) is 5.41 Å². The van der Waals surface area contributed by atoms with E-state index in [1.54, 1.807) is 6.92 Å². The molecule has 1 saturated carbocycles. The molecule has 0 heterocycles. The van der Waals surface area contributed by atoms with Crippen LogP contribution in [-0.2, 0) is 14.4 Å². The van der Waals surface area contributed by atoms with Crippen molar-refractivity contribution < 1.29 is 19.5 Å². The zero-order chi connectivity index (χ0) is 10.8. The lowest BCUT2D eigenvalue weighted by Crippen LogP contribution is -2.29.